The van der Waals surface area contributed by atoms with Crippen LogP contribution < -0.4 is 10.1 Å². The van der Waals surface area contributed by atoms with E-state index in [4.69, 9.17) is 4.74 Å². The smallest absolute Gasteiger partial charge is 0.119 e. The van der Waals surface area contributed by atoms with Gasteiger partial charge in [-0.25, -0.2) is 0 Å². The summed E-state index contributed by atoms with van der Waals surface area (Å²) in [6, 6.07) is 11.4. The number of rotatable bonds is 4. The van der Waals surface area contributed by atoms with E-state index < -0.39 is 0 Å². The van der Waals surface area contributed by atoms with Crippen molar-refractivity contribution in [3.63, 3.8) is 0 Å². The predicted octanol–water partition coefficient (Wildman–Crippen LogP) is 5.03. The van der Waals surface area contributed by atoms with Gasteiger partial charge in [0.2, 0.25) is 0 Å². The van der Waals surface area contributed by atoms with Gasteiger partial charge in [-0.2, -0.15) is 0 Å². The van der Waals surface area contributed by atoms with E-state index in [1.165, 1.54) is 21.8 Å². The SMILES string of the molecule is COc1cccc(C(C)NC2C[C@H](C)Sc3sccc32)c1. The van der Waals surface area contributed by atoms with Crippen LogP contribution in [0.15, 0.2) is 39.9 Å². The topological polar surface area (TPSA) is 21.3 Å². The molecule has 4 heteroatoms. The Morgan fingerprint density at radius 1 is 1.33 bits per heavy atom. The lowest BCUT2D eigenvalue weighted by Crippen LogP contribution is -2.28. The van der Waals surface area contributed by atoms with Crippen LogP contribution in [-0.2, 0) is 0 Å². The van der Waals surface area contributed by atoms with Crippen LogP contribution in [0.5, 0.6) is 5.75 Å². The van der Waals surface area contributed by atoms with E-state index in [1.807, 2.05) is 29.2 Å². The molecule has 0 fully saturated rings. The zero-order chi connectivity index (χ0) is 14.8. The van der Waals surface area contributed by atoms with Crippen molar-refractivity contribution in [1.82, 2.24) is 5.32 Å². The highest BCUT2D eigenvalue weighted by atomic mass is 32.2. The highest BCUT2D eigenvalue weighted by Crippen LogP contribution is 2.44. The summed E-state index contributed by atoms with van der Waals surface area (Å²) in [5, 5.41) is 6.68. The second kappa shape index (κ2) is 6.42. The van der Waals surface area contributed by atoms with E-state index >= 15 is 0 Å². The van der Waals surface area contributed by atoms with Crippen molar-refractivity contribution in [1.29, 1.82) is 0 Å². The molecule has 1 aromatic heterocycles. The standard InChI is InChI=1S/C17H21NOS2/c1-11-9-16(15-7-8-20-17(15)21-11)18-12(2)13-5-4-6-14(10-13)19-3/h4-8,10-12,16,18H,9H2,1-3H3/t11-,12?,16?/m0/s1. The summed E-state index contributed by atoms with van der Waals surface area (Å²) < 4.78 is 6.80. The third-order valence-corrected chi connectivity index (χ3v) is 6.30. The summed E-state index contributed by atoms with van der Waals surface area (Å²) in [5.74, 6) is 0.921. The summed E-state index contributed by atoms with van der Waals surface area (Å²) in [4.78, 5) is 0. The molecule has 3 atom stereocenters. The van der Waals surface area contributed by atoms with Crippen LogP contribution in [0.4, 0.5) is 0 Å². The molecule has 0 aliphatic carbocycles. The molecule has 0 radical (unpaired) electrons. The lowest BCUT2D eigenvalue weighted by Gasteiger charge is -2.30. The van der Waals surface area contributed by atoms with Gasteiger partial charge in [0.1, 0.15) is 5.75 Å². The van der Waals surface area contributed by atoms with E-state index in [2.05, 4.69) is 48.8 Å². The first-order valence-electron chi connectivity index (χ1n) is 7.31. The van der Waals surface area contributed by atoms with Gasteiger partial charge in [0.05, 0.1) is 11.3 Å². The van der Waals surface area contributed by atoms with E-state index in [0.29, 0.717) is 17.3 Å². The maximum absolute atomic E-state index is 5.33. The van der Waals surface area contributed by atoms with Crippen molar-refractivity contribution in [2.45, 2.75) is 41.8 Å². The van der Waals surface area contributed by atoms with Crippen LogP contribution in [0.25, 0.3) is 0 Å². The maximum atomic E-state index is 5.33. The highest BCUT2D eigenvalue weighted by Gasteiger charge is 2.27. The average molecular weight is 319 g/mol. The molecule has 0 saturated heterocycles. The van der Waals surface area contributed by atoms with Gasteiger partial charge >= 0.3 is 0 Å². The van der Waals surface area contributed by atoms with Crippen molar-refractivity contribution < 1.29 is 4.74 Å². The van der Waals surface area contributed by atoms with Crippen LogP contribution in [0.3, 0.4) is 0 Å². The zero-order valence-corrected chi connectivity index (χ0v) is 14.3. The van der Waals surface area contributed by atoms with Gasteiger partial charge < -0.3 is 10.1 Å². The number of thiophene rings is 1. The number of benzene rings is 1. The molecule has 1 aromatic carbocycles. The summed E-state index contributed by atoms with van der Waals surface area (Å²) in [5.41, 5.74) is 2.75. The Morgan fingerprint density at radius 2 is 2.19 bits per heavy atom. The minimum Gasteiger partial charge on any atom is -0.497 e. The number of ether oxygens (including phenoxy) is 1. The Labute approximate surface area is 134 Å². The molecular weight excluding hydrogens is 298 g/mol. The fourth-order valence-electron chi connectivity index (χ4n) is 2.82. The molecule has 0 amide bonds. The number of methoxy groups -OCH3 is 1. The van der Waals surface area contributed by atoms with E-state index in [9.17, 15) is 0 Å². The Kier molecular flexibility index (Phi) is 4.57. The lowest BCUT2D eigenvalue weighted by molar-refractivity contribution is 0.409. The van der Waals surface area contributed by atoms with Crippen LogP contribution in [0.1, 0.15) is 43.5 Å². The van der Waals surface area contributed by atoms with Crippen molar-refractivity contribution in [2.75, 3.05) is 7.11 Å². The second-order valence-corrected chi connectivity index (χ2v) is 8.17. The monoisotopic (exact) mass is 319 g/mol. The Balaban J connectivity index is 1.77. The average Bonchev–Trinajstić information content (AvgIpc) is 2.95. The Morgan fingerprint density at radius 3 is 3.00 bits per heavy atom. The van der Waals surface area contributed by atoms with E-state index in [1.54, 1.807) is 7.11 Å². The lowest BCUT2D eigenvalue weighted by atomic mass is 10.0. The summed E-state index contributed by atoms with van der Waals surface area (Å²) >= 11 is 3.87. The Bertz CT molecular complexity index is 610. The van der Waals surface area contributed by atoms with Gasteiger partial charge in [-0.3, -0.25) is 0 Å². The van der Waals surface area contributed by atoms with Crippen molar-refractivity contribution in [3.8, 4) is 5.75 Å². The molecule has 2 unspecified atom stereocenters. The number of hydrogen-bond acceptors (Lipinski definition) is 4. The normalized spacial score (nSPS) is 22.6. The fraction of sp³-hybridized carbons (Fsp3) is 0.412. The molecule has 2 heterocycles. The molecule has 1 aliphatic rings. The van der Waals surface area contributed by atoms with E-state index in [-0.39, 0.29) is 0 Å². The van der Waals surface area contributed by atoms with Crippen molar-refractivity contribution in [2.24, 2.45) is 0 Å². The number of fused-ring (bicyclic) bond motifs is 1. The van der Waals surface area contributed by atoms with Gasteiger partial charge in [-0.1, -0.05) is 19.1 Å². The molecule has 21 heavy (non-hydrogen) atoms. The molecular formula is C17H21NOS2. The second-order valence-electron chi connectivity index (χ2n) is 5.55. The van der Waals surface area contributed by atoms with E-state index in [0.717, 1.165) is 5.75 Å². The van der Waals surface area contributed by atoms with Crippen molar-refractivity contribution in [3.05, 3.63) is 46.8 Å². The van der Waals surface area contributed by atoms with Crippen LogP contribution in [0, 0.1) is 0 Å². The molecule has 1 N–H and O–H groups in total. The third kappa shape index (κ3) is 3.28. The van der Waals surface area contributed by atoms with Crippen LogP contribution in [-0.4, -0.2) is 12.4 Å². The highest BCUT2D eigenvalue weighted by molar-refractivity contribution is 8.01. The number of nitrogens with one attached hydrogen (secondary N) is 1. The first-order chi connectivity index (χ1) is 10.2. The molecule has 1 aliphatic heterocycles. The van der Waals surface area contributed by atoms with Gasteiger partial charge in [0.15, 0.2) is 0 Å². The Hall–Kier alpha value is -0.970. The minimum atomic E-state index is 0.313. The van der Waals surface area contributed by atoms with Crippen LogP contribution >= 0.6 is 23.1 Å². The number of hydrogen-bond donors (Lipinski definition) is 1. The summed E-state index contributed by atoms with van der Waals surface area (Å²) in [7, 11) is 1.72. The quantitative estimate of drug-likeness (QED) is 0.853. The largest absolute Gasteiger partial charge is 0.497 e. The van der Waals surface area contributed by atoms with Gasteiger partial charge in [0.25, 0.3) is 0 Å². The van der Waals surface area contributed by atoms with Gasteiger partial charge in [0, 0.05) is 17.3 Å². The molecule has 0 spiro atoms. The molecule has 112 valence electrons. The molecule has 0 bridgehead atoms. The first kappa shape index (κ1) is 14.9. The molecule has 3 rings (SSSR count). The van der Waals surface area contributed by atoms with Crippen LogP contribution in [0.2, 0.25) is 0 Å². The van der Waals surface area contributed by atoms with Gasteiger partial charge in [-0.15, -0.1) is 23.1 Å². The molecule has 2 aromatic rings. The molecule has 0 saturated carbocycles. The maximum Gasteiger partial charge on any atom is 0.119 e. The first-order valence-corrected chi connectivity index (χ1v) is 9.07. The number of thioether (sulfide) groups is 1. The summed E-state index contributed by atoms with van der Waals surface area (Å²) in [6.07, 6.45) is 1.18. The zero-order valence-electron chi connectivity index (χ0n) is 12.6. The van der Waals surface area contributed by atoms with Crippen molar-refractivity contribution >= 4 is 23.1 Å². The predicted molar refractivity (Wildman–Crippen MR) is 91.5 cm³/mol. The molecule has 2 nitrogen and oxygen atoms in total. The minimum absolute atomic E-state index is 0.313. The fourth-order valence-corrected chi connectivity index (χ4v) is 5.38. The summed E-state index contributed by atoms with van der Waals surface area (Å²) in [6.45, 7) is 4.55. The van der Waals surface area contributed by atoms with Gasteiger partial charge in [-0.05, 0) is 48.1 Å². The third-order valence-electron chi connectivity index (χ3n) is 3.95.